The molecule has 0 amide bonds. The van der Waals surface area contributed by atoms with Gasteiger partial charge in [-0.05, 0) is 31.4 Å². The number of aryl methyl sites for hydroxylation is 1. The van der Waals surface area contributed by atoms with Crippen molar-refractivity contribution in [2.75, 3.05) is 0 Å². The van der Waals surface area contributed by atoms with E-state index < -0.39 is 0 Å². The highest BCUT2D eigenvalue weighted by atomic mass is 16.3. The molecule has 0 saturated heterocycles. The van der Waals surface area contributed by atoms with Crippen LogP contribution in [0.5, 0.6) is 5.88 Å². The molecule has 2 aromatic rings. The van der Waals surface area contributed by atoms with E-state index in [1.54, 1.807) is 0 Å². The van der Waals surface area contributed by atoms with Crippen LogP contribution in [0.1, 0.15) is 37.3 Å². The van der Waals surface area contributed by atoms with E-state index in [-0.39, 0.29) is 12.1 Å². The molecular weight excluding hydrogens is 226 g/mol. The molecular formula is C15H19NO2. The topological polar surface area (TPSA) is 45.4 Å². The third-order valence-corrected chi connectivity index (χ3v) is 4.13. The van der Waals surface area contributed by atoms with E-state index in [9.17, 15) is 10.2 Å². The SMILES string of the molecule is Cc1cccc2c(O)n(C3CCCCC3O)cc12. The van der Waals surface area contributed by atoms with Crippen molar-refractivity contribution < 1.29 is 10.2 Å². The number of hydrogen-bond acceptors (Lipinski definition) is 2. The minimum absolute atomic E-state index is 0.0190. The second-order valence-electron chi connectivity index (χ2n) is 5.32. The number of hydrogen-bond donors (Lipinski definition) is 2. The molecule has 0 radical (unpaired) electrons. The summed E-state index contributed by atoms with van der Waals surface area (Å²) in [5.74, 6) is 0.291. The number of rotatable bonds is 1. The van der Waals surface area contributed by atoms with Crippen molar-refractivity contribution >= 4 is 10.8 Å². The quantitative estimate of drug-likeness (QED) is 0.810. The first-order chi connectivity index (χ1) is 8.68. The third kappa shape index (κ3) is 1.70. The monoisotopic (exact) mass is 245 g/mol. The van der Waals surface area contributed by atoms with Crippen LogP contribution in [-0.2, 0) is 0 Å². The number of aromatic nitrogens is 1. The molecule has 1 aromatic carbocycles. The van der Waals surface area contributed by atoms with Gasteiger partial charge in [0.05, 0.1) is 12.1 Å². The molecule has 2 N–H and O–H groups in total. The summed E-state index contributed by atoms with van der Waals surface area (Å²) in [5.41, 5.74) is 1.16. The van der Waals surface area contributed by atoms with Gasteiger partial charge in [-0.15, -0.1) is 0 Å². The molecule has 96 valence electrons. The van der Waals surface area contributed by atoms with Gasteiger partial charge in [-0.1, -0.05) is 25.0 Å². The molecule has 3 heteroatoms. The lowest BCUT2D eigenvalue weighted by molar-refractivity contribution is 0.0721. The Kier molecular flexibility index (Phi) is 2.78. The number of benzene rings is 1. The van der Waals surface area contributed by atoms with Crippen molar-refractivity contribution in [3.8, 4) is 5.88 Å². The van der Waals surface area contributed by atoms with Gasteiger partial charge in [0, 0.05) is 17.0 Å². The number of aromatic hydroxyl groups is 1. The summed E-state index contributed by atoms with van der Waals surface area (Å²) in [6, 6.07) is 5.96. The van der Waals surface area contributed by atoms with Gasteiger partial charge in [0.25, 0.3) is 0 Å². The first-order valence-electron chi connectivity index (χ1n) is 6.65. The van der Waals surface area contributed by atoms with Crippen LogP contribution >= 0.6 is 0 Å². The van der Waals surface area contributed by atoms with Gasteiger partial charge < -0.3 is 14.8 Å². The average molecular weight is 245 g/mol. The molecule has 3 rings (SSSR count). The Balaban J connectivity index is 2.11. The van der Waals surface area contributed by atoms with Crippen LogP contribution in [0.15, 0.2) is 24.4 Å². The highest BCUT2D eigenvalue weighted by Gasteiger charge is 2.27. The smallest absolute Gasteiger partial charge is 0.199 e. The van der Waals surface area contributed by atoms with Crippen molar-refractivity contribution in [2.24, 2.45) is 0 Å². The van der Waals surface area contributed by atoms with Crippen LogP contribution in [0, 0.1) is 6.92 Å². The second-order valence-corrected chi connectivity index (χ2v) is 5.32. The summed E-state index contributed by atoms with van der Waals surface area (Å²) in [6.45, 7) is 2.05. The normalized spacial score (nSPS) is 24.6. The fourth-order valence-electron chi connectivity index (χ4n) is 3.06. The Labute approximate surface area is 107 Å². The van der Waals surface area contributed by atoms with Crippen molar-refractivity contribution in [3.05, 3.63) is 30.0 Å². The molecule has 18 heavy (non-hydrogen) atoms. The second kappa shape index (κ2) is 4.32. The zero-order valence-electron chi connectivity index (χ0n) is 10.6. The summed E-state index contributed by atoms with van der Waals surface area (Å²) in [5, 5.41) is 22.4. The van der Waals surface area contributed by atoms with Crippen LogP contribution in [0.2, 0.25) is 0 Å². The van der Waals surface area contributed by atoms with Crippen molar-refractivity contribution in [1.29, 1.82) is 0 Å². The van der Waals surface area contributed by atoms with Gasteiger partial charge in [-0.25, -0.2) is 0 Å². The van der Waals surface area contributed by atoms with Crippen LogP contribution in [-0.4, -0.2) is 20.9 Å². The highest BCUT2D eigenvalue weighted by molar-refractivity contribution is 5.90. The molecule has 1 saturated carbocycles. The molecule has 2 atom stereocenters. The maximum atomic E-state index is 10.3. The van der Waals surface area contributed by atoms with Gasteiger partial charge in [0.1, 0.15) is 0 Å². The van der Waals surface area contributed by atoms with Crippen molar-refractivity contribution in [2.45, 2.75) is 44.8 Å². The number of aliphatic hydroxyl groups is 1. The van der Waals surface area contributed by atoms with E-state index in [0.29, 0.717) is 5.88 Å². The minimum atomic E-state index is -0.341. The largest absolute Gasteiger partial charge is 0.494 e. The lowest BCUT2D eigenvalue weighted by atomic mass is 9.92. The lowest BCUT2D eigenvalue weighted by Crippen LogP contribution is -2.26. The fraction of sp³-hybridized carbons (Fsp3) is 0.467. The Hall–Kier alpha value is -1.48. The summed E-state index contributed by atoms with van der Waals surface area (Å²) in [4.78, 5) is 0. The van der Waals surface area contributed by atoms with Gasteiger partial charge >= 0.3 is 0 Å². The first kappa shape index (κ1) is 11.6. The van der Waals surface area contributed by atoms with Crippen molar-refractivity contribution in [1.82, 2.24) is 4.57 Å². The van der Waals surface area contributed by atoms with Gasteiger partial charge in [0.2, 0.25) is 0 Å². The van der Waals surface area contributed by atoms with E-state index in [2.05, 4.69) is 0 Å². The van der Waals surface area contributed by atoms with Gasteiger partial charge in [0.15, 0.2) is 5.88 Å². The molecule has 1 aromatic heterocycles. The van der Waals surface area contributed by atoms with E-state index in [4.69, 9.17) is 0 Å². The Morgan fingerprint density at radius 2 is 1.94 bits per heavy atom. The molecule has 1 aliphatic carbocycles. The standard InChI is InChI=1S/C15H19NO2/c1-10-5-4-6-11-12(10)9-16(15(11)18)13-7-2-3-8-14(13)17/h4-6,9,13-14,17-18H,2-3,7-8H2,1H3. The van der Waals surface area contributed by atoms with Crippen LogP contribution in [0.25, 0.3) is 10.8 Å². The molecule has 0 spiro atoms. The van der Waals surface area contributed by atoms with Gasteiger partial charge in [-0.2, -0.15) is 0 Å². The Morgan fingerprint density at radius 1 is 1.17 bits per heavy atom. The predicted octanol–water partition coefficient (Wildman–Crippen LogP) is 3.13. The molecule has 0 bridgehead atoms. The lowest BCUT2D eigenvalue weighted by Gasteiger charge is -2.29. The van der Waals surface area contributed by atoms with E-state index in [1.807, 2.05) is 35.9 Å². The number of nitrogens with zero attached hydrogens (tertiary/aromatic N) is 1. The maximum Gasteiger partial charge on any atom is 0.199 e. The minimum Gasteiger partial charge on any atom is -0.494 e. The number of fused-ring (bicyclic) bond motifs is 1. The zero-order chi connectivity index (χ0) is 12.7. The van der Waals surface area contributed by atoms with Crippen molar-refractivity contribution in [3.63, 3.8) is 0 Å². The van der Waals surface area contributed by atoms with E-state index in [1.165, 1.54) is 0 Å². The van der Waals surface area contributed by atoms with Crippen LogP contribution in [0.4, 0.5) is 0 Å². The molecule has 1 heterocycles. The molecule has 1 aliphatic rings. The summed E-state index contributed by atoms with van der Waals surface area (Å²) < 4.78 is 1.86. The molecule has 1 fully saturated rings. The Bertz CT molecular complexity index is 573. The highest BCUT2D eigenvalue weighted by Crippen LogP contribution is 2.37. The average Bonchev–Trinajstić information content (AvgIpc) is 2.70. The molecule has 0 aliphatic heterocycles. The summed E-state index contributed by atoms with van der Waals surface area (Å²) in [6.07, 6.45) is 5.62. The van der Waals surface area contributed by atoms with Gasteiger partial charge in [-0.3, -0.25) is 0 Å². The third-order valence-electron chi connectivity index (χ3n) is 4.13. The fourth-order valence-corrected chi connectivity index (χ4v) is 3.06. The Morgan fingerprint density at radius 3 is 2.67 bits per heavy atom. The van der Waals surface area contributed by atoms with E-state index in [0.717, 1.165) is 42.0 Å². The molecule has 2 unspecified atom stereocenters. The summed E-state index contributed by atoms with van der Waals surface area (Å²) >= 11 is 0. The number of aliphatic hydroxyl groups excluding tert-OH is 1. The van der Waals surface area contributed by atoms with Crippen LogP contribution < -0.4 is 0 Å². The maximum absolute atomic E-state index is 10.3. The van der Waals surface area contributed by atoms with E-state index >= 15 is 0 Å². The predicted molar refractivity (Wildman–Crippen MR) is 71.9 cm³/mol. The zero-order valence-corrected chi connectivity index (χ0v) is 10.6. The van der Waals surface area contributed by atoms with Crippen LogP contribution in [0.3, 0.4) is 0 Å². The summed E-state index contributed by atoms with van der Waals surface area (Å²) in [7, 11) is 0. The molecule has 3 nitrogen and oxygen atoms in total. The first-order valence-corrected chi connectivity index (χ1v) is 6.65.